The monoisotopic (exact) mass is 435 g/mol. The van der Waals surface area contributed by atoms with Crippen molar-refractivity contribution >= 4 is 43.6 Å². The number of hydrogen-bond acceptors (Lipinski definition) is 3. The molecule has 1 aliphatic rings. The summed E-state index contributed by atoms with van der Waals surface area (Å²) in [5.74, 6) is 0.924. The third-order valence-electron chi connectivity index (χ3n) is 4.25. The Labute approximate surface area is 149 Å². The van der Waals surface area contributed by atoms with E-state index in [2.05, 4.69) is 49.5 Å². The van der Waals surface area contributed by atoms with Gasteiger partial charge in [0, 0.05) is 27.9 Å². The topological polar surface area (TPSA) is 21.3 Å². The number of methoxy groups -OCH3 is 1. The lowest BCUT2D eigenvalue weighted by Crippen LogP contribution is -2.39. The van der Waals surface area contributed by atoms with Gasteiger partial charge in [-0.05, 0) is 47.2 Å². The van der Waals surface area contributed by atoms with Gasteiger partial charge in [0.25, 0.3) is 0 Å². The lowest BCUT2D eigenvalue weighted by atomic mass is 9.88. The quantitative estimate of drug-likeness (QED) is 0.646. The van der Waals surface area contributed by atoms with E-state index < -0.39 is 0 Å². The normalized spacial score (nSPS) is 17.7. The summed E-state index contributed by atoms with van der Waals surface area (Å²) in [6, 6.07) is 4.15. The second kappa shape index (κ2) is 8.23. The molecule has 1 aromatic carbocycles. The van der Waals surface area contributed by atoms with Gasteiger partial charge in [-0.3, -0.25) is 0 Å². The van der Waals surface area contributed by atoms with Gasteiger partial charge in [0.05, 0.1) is 11.6 Å². The Balaban J connectivity index is 1.99. The Kier molecular flexibility index (Phi) is 6.91. The van der Waals surface area contributed by atoms with Crippen LogP contribution in [0.15, 0.2) is 21.1 Å². The van der Waals surface area contributed by atoms with E-state index in [1.54, 1.807) is 7.11 Å². The van der Waals surface area contributed by atoms with Crippen molar-refractivity contribution in [1.29, 1.82) is 0 Å². The van der Waals surface area contributed by atoms with Crippen molar-refractivity contribution in [2.24, 2.45) is 0 Å². The summed E-state index contributed by atoms with van der Waals surface area (Å²) < 4.78 is 8.00. The number of nitrogens with one attached hydrogen (secondary N) is 1. The Morgan fingerprint density at radius 1 is 1.24 bits per heavy atom. The highest BCUT2D eigenvalue weighted by atomic mass is 79.9. The van der Waals surface area contributed by atoms with Crippen molar-refractivity contribution < 1.29 is 4.74 Å². The van der Waals surface area contributed by atoms with E-state index >= 15 is 0 Å². The maximum atomic E-state index is 5.51. The molecule has 21 heavy (non-hydrogen) atoms. The Hall–Kier alpha value is 0.290. The Bertz CT molecular complexity index is 476. The lowest BCUT2D eigenvalue weighted by molar-refractivity contribution is 0.375. The van der Waals surface area contributed by atoms with Crippen LogP contribution in [0, 0.1) is 0 Å². The zero-order chi connectivity index (χ0) is 15.3. The molecule has 0 amide bonds. The Morgan fingerprint density at radius 2 is 1.95 bits per heavy atom. The van der Waals surface area contributed by atoms with E-state index in [0.29, 0.717) is 4.75 Å². The third kappa shape index (κ3) is 4.63. The molecule has 1 aliphatic carbocycles. The van der Waals surface area contributed by atoms with Crippen molar-refractivity contribution in [1.82, 2.24) is 5.32 Å². The number of halogens is 2. The highest BCUT2D eigenvalue weighted by molar-refractivity contribution is 9.11. The second-order valence-electron chi connectivity index (χ2n) is 5.63. The molecule has 0 atom stereocenters. The number of ether oxygens (including phenoxy) is 1. The number of rotatable bonds is 6. The molecule has 0 heterocycles. The summed E-state index contributed by atoms with van der Waals surface area (Å²) in [4.78, 5) is 0. The molecule has 0 aromatic heterocycles. The van der Waals surface area contributed by atoms with Crippen LogP contribution < -0.4 is 10.1 Å². The van der Waals surface area contributed by atoms with Crippen LogP contribution in [0.3, 0.4) is 0 Å². The molecule has 118 valence electrons. The van der Waals surface area contributed by atoms with Gasteiger partial charge in [0.2, 0.25) is 0 Å². The average molecular weight is 437 g/mol. The molecule has 0 radical (unpaired) electrons. The van der Waals surface area contributed by atoms with Gasteiger partial charge in [0.1, 0.15) is 5.75 Å². The van der Waals surface area contributed by atoms with Gasteiger partial charge in [0.15, 0.2) is 0 Å². The fourth-order valence-corrected chi connectivity index (χ4v) is 5.47. The first-order valence-electron chi connectivity index (χ1n) is 7.38. The van der Waals surface area contributed by atoms with E-state index in [1.807, 2.05) is 17.8 Å². The number of hydrogen-bond donors (Lipinski definition) is 1. The molecule has 1 saturated carbocycles. The Morgan fingerprint density at radius 3 is 2.57 bits per heavy atom. The van der Waals surface area contributed by atoms with Crippen LogP contribution in [-0.2, 0) is 6.54 Å². The van der Waals surface area contributed by atoms with E-state index in [4.69, 9.17) is 4.74 Å². The van der Waals surface area contributed by atoms with Crippen LogP contribution in [0.1, 0.15) is 37.7 Å². The van der Waals surface area contributed by atoms with Crippen molar-refractivity contribution in [3.8, 4) is 5.75 Å². The summed E-state index contributed by atoms with van der Waals surface area (Å²) in [5.41, 5.74) is 1.19. The molecule has 0 unspecified atom stereocenters. The third-order valence-corrected chi connectivity index (χ3v) is 6.72. The molecule has 5 heteroatoms. The van der Waals surface area contributed by atoms with Crippen LogP contribution in [0.5, 0.6) is 5.75 Å². The maximum absolute atomic E-state index is 5.51. The molecule has 1 N–H and O–H groups in total. The van der Waals surface area contributed by atoms with Gasteiger partial charge in [-0.15, -0.1) is 0 Å². The summed E-state index contributed by atoms with van der Waals surface area (Å²) >= 11 is 9.15. The minimum absolute atomic E-state index is 0.425. The smallest absolute Gasteiger partial charge is 0.137 e. The molecular formula is C16H23Br2NOS. The van der Waals surface area contributed by atoms with Crippen molar-refractivity contribution in [2.75, 3.05) is 19.9 Å². The minimum Gasteiger partial charge on any atom is -0.495 e. The lowest BCUT2D eigenvalue weighted by Gasteiger charge is -2.36. The van der Waals surface area contributed by atoms with E-state index in [0.717, 1.165) is 27.8 Å². The fourth-order valence-electron chi connectivity index (χ4n) is 3.05. The second-order valence-corrected chi connectivity index (χ2v) is 8.68. The predicted octanol–water partition coefficient (Wildman–Crippen LogP) is 5.38. The number of benzene rings is 1. The fraction of sp³-hybridized carbons (Fsp3) is 0.625. The van der Waals surface area contributed by atoms with Gasteiger partial charge in [-0.1, -0.05) is 35.2 Å². The van der Waals surface area contributed by atoms with Crippen LogP contribution in [-0.4, -0.2) is 24.7 Å². The first kappa shape index (κ1) is 17.6. The molecule has 2 rings (SSSR count). The molecule has 0 bridgehead atoms. The highest BCUT2D eigenvalue weighted by Gasteiger charge is 2.30. The van der Waals surface area contributed by atoms with E-state index in [1.165, 1.54) is 37.7 Å². The van der Waals surface area contributed by atoms with E-state index in [-0.39, 0.29) is 0 Å². The summed E-state index contributed by atoms with van der Waals surface area (Å²) in [6.45, 7) is 1.91. The van der Waals surface area contributed by atoms with Crippen molar-refractivity contribution in [3.05, 3.63) is 26.6 Å². The zero-order valence-corrected chi connectivity index (χ0v) is 16.7. The van der Waals surface area contributed by atoms with Crippen LogP contribution in [0.25, 0.3) is 0 Å². The highest BCUT2D eigenvalue weighted by Crippen LogP contribution is 2.38. The largest absolute Gasteiger partial charge is 0.495 e. The molecule has 0 saturated heterocycles. The van der Waals surface area contributed by atoms with E-state index in [9.17, 15) is 0 Å². The zero-order valence-electron chi connectivity index (χ0n) is 12.7. The van der Waals surface area contributed by atoms with Gasteiger partial charge in [-0.2, -0.15) is 11.8 Å². The molecule has 1 fully saturated rings. The first-order valence-corrected chi connectivity index (χ1v) is 10.2. The van der Waals surface area contributed by atoms with Crippen LogP contribution in [0.4, 0.5) is 0 Å². The van der Waals surface area contributed by atoms with Crippen LogP contribution in [0.2, 0.25) is 0 Å². The molecule has 2 nitrogen and oxygen atoms in total. The summed E-state index contributed by atoms with van der Waals surface area (Å²) in [6.07, 6.45) is 9.06. The molecular weight excluding hydrogens is 414 g/mol. The maximum Gasteiger partial charge on any atom is 0.137 e. The summed E-state index contributed by atoms with van der Waals surface area (Å²) in [7, 11) is 1.72. The van der Waals surface area contributed by atoms with Crippen molar-refractivity contribution in [2.45, 2.75) is 43.4 Å². The van der Waals surface area contributed by atoms with Gasteiger partial charge >= 0.3 is 0 Å². The first-order chi connectivity index (χ1) is 10.1. The summed E-state index contributed by atoms with van der Waals surface area (Å²) in [5, 5.41) is 3.65. The standard InChI is InChI=1S/C16H23Br2NOS/c1-20-15-12(8-13(17)9-14(15)18)10-19-11-16(21-2)6-4-3-5-7-16/h8-9,19H,3-7,10-11H2,1-2H3. The van der Waals surface area contributed by atoms with Gasteiger partial charge in [-0.25, -0.2) is 0 Å². The SMILES string of the molecule is COc1c(Br)cc(Br)cc1CNCC1(SC)CCCCC1. The van der Waals surface area contributed by atoms with Gasteiger partial charge < -0.3 is 10.1 Å². The molecule has 0 aliphatic heterocycles. The molecule has 1 aromatic rings. The molecule has 0 spiro atoms. The van der Waals surface area contributed by atoms with Crippen molar-refractivity contribution in [3.63, 3.8) is 0 Å². The number of thioether (sulfide) groups is 1. The average Bonchev–Trinajstić information content (AvgIpc) is 2.48. The minimum atomic E-state index is 0.425. The van der Waals surface area contributed by atoms with Crippen LogP contribution >= 0.6 is 43.6 Å². The predicted molar refractivity (Wildman–Crippen MR) is 99.4 cm³/mol.